The zero-order valence-corrected chi connectivity index (χ0v) is 15.1. The van der Waals surface area contributed by atoms with E-state index < -0.39 is 0 Å². The number of para-hydroxylation sites is 1. The van der Waals surface area contributed by atoms with Gasteiger partial charge in [0.05, 0.1) is 5.56 Å². The molecule has 0 spiro atoms. The number of amides is 1. The molecule has 4 heteroatoms. The van der Waals surface area contributed by atoms with Gasteiger partial charge in [0.2, 0.25) is 0 Å². The Morgan fingerprint density at radius 1 is 1.12 bits per heavy atom. The molecule has 3 rings (SSSR count). The van der Waals surface area contributed by atoms with E-state index in [1.165, 1.54) is 0 Å². The predicted molar refractivity (Wildman–Crippen MR) is 101 cm³/mol. The van der Waals surface area contributed by atoms with E-state index in [0.29, 0.717) is 30.6 Å². The predicted octanol–water partition coefficient (Wildman–Crippen LogP) is 3.75. The second-order valence-corrected chi connectivity index (χ2v) is 7.01. The molecular formula is C22H25NO3. The number of aryl methyl sites for hydroxylation is 2. The molecule has 0 radical (unpaired) electrons. The fourth-order valence-electron chi connectivity index (χ4n) is 3.54. The van der Waals surface area contributed by atoms with E-state index >= 15 is 0 Å². The van der Waals surface area contributed by atoms with Gasteiger partial charge in [-0.2, -0.15) is 0 Å². The highest BCUT2D eigenvalue weighted by Crippen LogP contribution is 2.26. The topological polar surface area (TPSA) is 57.6 Å². The lowest BCUT2D eigenvalue weighted by Gasteiger charge is -2.32. The quantitative estimate of drug-likeness (QED) is 0.892. The summed E-state index contributed by atoms with van der Waals surface area (Å²) in [6.45, 7) is 2.85. The number of likely N-dealkylation sites (tertiary alicyclic amines) is 1. The van der Waals surface area contributed by atoms with Crippen molar-refractivity contribution in [1.29, 1.82) is 0 Å². The number of hydrogen-bond acceptors (Lipinski definition) is 3. The van der Waals surface area contributed by atoms with E-state index in [2.05, 4.69) is 0 Å². The number of benzene rings is 2. The third-order valence-electron chi connectivity index (χ3n) is 5.14. The Bertz CT molecular complexity index is 785. The lowest BCUT2D eigenvalue weighted by Crippen LogP contribution is -2.42. The number of piperidine rings is 1. The molecule has 1 aliphatic heterocycles. The Kier molecular flexibility index (Phi) is 5.71. The molecule has 26 heavy (non-hydrogen) atoms. The van der Waals surface area contributed by atoms with Crippen LogP contribution in [0.2, 0.25) is 0 Å². The Morgan fingerprint density at radius 3 is 2.65 bits per heavy atom. The summed E-state index contributed by atoms with van der Waals surface area (Å²) in [4.78, 5) is 27.1. The number of phenols is 1. The number of rotatable bonds is 5. The number of carbonyl (C=O) groups excluding carboxylic acids is 2. The van der Waals surface area contributed by atoms with Crippen LogP contribution in [0.3, 0.4) is 0 Å². The molecular weight excluding hydrogens is 326 g/mol. The van der Waals surface area contributed by atoms with E-state index in [-0.39, 0.29) is 23.4 Å². The van der Waals surface area contributed by atoms with Crippen LogP contribution < -0.4 is 0 Å². The minimum absolute atomic E-state index is 0.0371. The first-order valence-electron chi connectivity index (χ1n) is 9.20. The van der Waals surface area contributed by atoms with Crippen molar-refractivity contribution in [2.75, 3.05) is 13.1 Å². The minimum Gasteiger partial charge on any atom is -0.507 e. The number of Topliss-reactive ketones (excluding diaryl/α,β-unsaturated/α-hetero) is 1. The summed E-state index contributed by atoms with van der Waals surface area (Å²) in [6.07, 6.45) is 2.90. The molecule has 2 aromatic carbocycles. The van der Waals surface area contributed by atoms with Crippen molar-refractivity contribution in [3.8, 4) is 5.75 Å². The molecule has 1 heterocycles. The summed E-state index contributed by atoms with van der Waals surface area (Å²) in [6, 6.07) is 15.2. The molecule has 1 aliphatic rings. The van der Waals surface area contributed by atoms with Crippen LogP contribution in [-0.4, -0.2) is 34.8 Å². The van der Waals surface area contributed by atoms with Crippen LogP contribution in [0.25, 0.3) is 0 Å². The van der Waals surface area contributed by atoms with Crippen molar-refractivity contribution >= 4 is 11.7 Å². The number of ketones is 1. The number of phenolic OH excluding ortho intramolecular Hbond substituents is 1. The van der Waals surface area contributed by atoms with Crippen molar-refractivity contribution in [2.24, 2.45) is 5.92 Å². The van der Waals surface area contributed by atoms with Gasteiger partial charge < -0.3 is 10.0 Å². The molecule has 1 saturated heterocycles. The normalized spacial score (nSPS) is 17.1. The summed E-state index contributed by atoms with van der Waals surface area (Å²) >= 11 is 0. The van der Waals surface area contributed by atoms with Gasteiger partial charge >= 0.3 is 0 Å². The molecule has 0 aromatic heterocycles. The average molecular weight is 351 g/mol. The molecule has 0 saturated carbocycles. The van der Waals surface area contributed by atoms with Gasteiger partial charge in [-0.3, -0.25) is 9.59 Å². The second kappa shape index (κ2) is 8.17. The van der Waals surface area contributed by atoms with Gasteiger partial charge in [0.15, 0.2) is 0 Å². The monoisotopic (exact) mass is 351 g/mol. The van der Waals surface area contributed by atoms with Gasteiger partial charge in [-0.05, 0) is 43.4 Å². The molecule has 1 amide bonds. The highest BCUT2D eigenvalue weighted by Gasteiger charge is 2.29. The van der Waals surface area contributed by atoms with Gasteiger partial charge in [-0.1, -0.05) is 42.5 Å². The van der Waals surface area contributed by atoms with Gasteiger partial charge in [0.1, 0.15) is 11.5 Å². The molecule has 0 unspecified atom stereocenters. The highest BCUT2D eigenvalue weighted by molar-refractivity contribution is 5.97. The van der Waals surface area contributed by atoms with Gasteiger partial charge in [0, 0.05) is 25.4 Å². The maximum atomic E-state index is 12.8. The lowest BCUT2D eigenvalue weighted by atomic mass is 9.90. The smallest absolute Gasteiger partial charge is 0.257 e. The highest BCUT2D eigenvalue weighted by atomic mass is 16.3. The van der Waals surface area contributed by atoms with Crippen LogP contribution in [0, 0.1) is 12.8 Å². The van der Waals surface area contributed by atoms with E-state index in [0.717, 1.165) is 24.8 Å². The molecule has 4 nitrogen and oxygen atoms in total. The minimum atomic E-state index is -0.188. The molecule has 1 atom stereocenters. The van der Waals surface area contributed by atoms with E-state index in [4.69, 9.17) is 0 Å². The van der Waals surface area contributed by atoms with Crippen LogP contribution in [-0.2, 0) is 11.2 Å². The van der Waals surface area contributed by atoms with Crippen molar-refractivity contribution < 1.29 is 14.7 Å². The average Bonchev–Trinajstić information content (AvgIpc) is 2.68. The zero-order valence-electron chi connectivity index (χ0n) is 15.1. The number of carbonyl (C=O) groups is 2. The van der Waals surface area contributed by atoms with Gasteiger partial charge in [-0.25, -0.2) is 0 Å². The summed E-state index contributed by atoms with van der Waals surface area (Å²) in [5, 5.41) is 10.2. The van der Waals surface area contributed by atoms with Gasteiger partial charge in [0.25, 0.3) is 5.91 Å². The fraction of sp³-hybridized carbons (Fsp3) is 0.364. The van der Waals surface area contributed by atoms with Crippen LogP contribution in [0.5, 0.6) is 5.75 Å². The van der Waals surface area contributed by atoms with Crippen LogP contribution in [0.4, 0.5) is 0 Å². The Morgan fingerprint density at radius 2 is 1.88 bits per heavy atom. The van der Waals surface area contributed by atoms with Crippen LogP contribution >= 0.6 is 0 Å². The maximum absolute atomic E-state index is 12.8. The summed E-state index contributed by atoms with van der Waals surface area (Å²) in [5.41, 5.74) is 2.17. The van der Waals surface area contributed by atoms with E-state index in [1.54, 1.807) is 30.0 Å². The summed E-state index contributed by atoms with van der Waals surface area (Å²) in [5.74, 6) is -0.0371. The van der Waals surface area contributed by atoms with Crippen molar-refractivity contribution in [1.82, 2.24) is 4.90 Å². The Labute approximate surface area is 154 Å². The third kappa shape index (κ3) is 4.13. The first kappa shape index (κ1) is 18.2. The first-order chi connectivity index (χ1) is 12.6. The molecule has 2 aromatic rings. The summed E-state index contributed by atoms with van der Waals surface area (Å²) < 4.78 is 0. The van der Waals surface area contributed by atoms with Crippen LogP contribution in [0.15, 0.2) is 48.5 Å². The Balaban J connectivity index is 1.62. The molecule has 0 aliphatic carbocycles. The number of hydrogen-bond donors (Lipinski definition) is 1. The first-order valence-corrected chi connectivity index (χ1v) is 9.20. The number of nitrogens with zero attached hydrogens (tertiary/aromatic N) is 1. The summed E-state index contributed by atoms with van der Waals surface area (Å²) in [7, 11) is 0. The lowest BCUT2D eigenvalue weighted by molar-refractivity contribution is -0.124. The molecule has 1 N–H and O–H groups in total. The molecule has 136 valence electrons. The van der Waals surface area contributed by atoms with Crippen LogP contribution in [0.1, 0.15) is 40.7 Å². The fourth-order valence-corrected chi connectivity index (χ4v) is 3.54. The third-order valence-corrected chi connectivity index (χ3v) is 5.14. The standard InChI is InChI=1S/C22H25NO3/c1-16-7-5-11-19(21(16)25)22(26)23-14-6-10-18(15-23)20(24)13-12-17-8-3-2-4-9-17/h2-5,7-9,11,18,25H,6,10,12-15H2,1H3/t18-/m0/s1. The van der Waals surface area contributed by atoms with E-state index in [1.807, 2.05) is 30.3 Å². The molecule has 1 fully saturated rings. The van der Waals surface area contributed by atoms with Crippen molar-refractivity contribution in [3.63, 3.8) is 0 Å². The number of aromatic hydroxyl groups is 1. The SMILES string of the molecule is Cc1cccc(C(=O)N2CCC[C@H](C(=O)CCc3ccccc3)C2)c1O. The Hall–Kier alpha value is -2.62. The second-order valence-electron chi connectivity index (χ2n) is 7.01. The van der Waals surface area contributed by atoms with Crippen molar-refractivity contribution in [3.05, 3.63) is 65.2 Å². The van der Waals surface area contributed by atoms with Gasteiger partial charge in [-0.15, -0.1) is 0 Å². The molecule has 0 bridgehead atoms. The maximum Gasteiger partial charge on any atom is 0.257 e. The van der Waals surface area contributed by atoms with Crippen molar-refractivity contribution in [2.45, 2.75) is 32.6 Å². The largest absolute Gasteiger partial charge is 0.507 e. The van der Waals surface area contributed by atoms with E-state index in [9.17, 15) is 14.7 Å². The zero-order chi connectivity index (χ0) is 18.5.